The van der Waals surface area contributed by atoms with Crippen LogP contribution in [0.3, 0.4) is 0 Å². The van der Waals surface area contributed by atoms with Gasteiger partial charge in [-0.05, 0) is 53.8 Å². The summed E-state index contributed by atoms with van der Waals surface area (Å²) in [6, 6.07) is 33.3. The number of benzene rings is 4. The molecule has 1 aliphatic rings. The summed E-state index contributed by atoms with van der Waals surface area (Å²) < 4.78 is 28.6. The van der Waals surface area contributed by atoms with Crippen LogP contribution in [-0.2, 0) is 28.5 Å². The van der Waals surface area contributed by atoms with Crippen molar-refractivity contribution in [3.63, 3.8) is 0 Å². The van der Waals surface area contributed by atoms with Gasteiger partial charge in [0.15, 0.2) is 5.78 Å². The van der Waals surface area contributed by atoms with E-state index in [1.807, 2.05) is 72.8 Å². The van der Waals surface area contributed by atoms with Crippen molar-refractivity contribution in [2.24, 2.45) is 0 Å². The number of Topliss-reactive ketones (excluding diaryl/α,β-unsaturated/α-hetero) is 1. The van der Waals surface area contributed by atoms with E-state index >= 15 is 0 Å². The first-order valence-electron chi connectivity index (χ1n) is 12.3. The Morgan fingerprint density at radius 2 is 1.27 bits per heavy atom. The molecule has 0 radical (unpaired) electrons. The molecule has 188 valence electrons. The standard InChI is InChI=1S/C31H28ClNO3S/c32-28-15-17-29(18-16-28)37(35,36)33(22-24-7-3-1-4-8-24)23-25-11-13-26(14-12-25)30(34)21-31(19-20-31)27-9-5-2-6-10-27/h1-18H,19-23H2. The Morgan fingerprint density at radius 3 is 1.84 bits per heavy atom. The van der Waals surface area contributed by atoms with Crippen LogP contribution in [0.1, 0.15) is 46.3 Å². The van der Waals surface area contributed by atoms with Gasteiger partial charge in [-0.3, -0.25) is 4.79 Å². The number of halogens is 1. The van der Waals surface area contributed by atoms with Gasteiger partial charge in [0.1, 0.15) is 0 Å². The fourth-order valence-corrected chi connectivity index (χ4v) is 6.23. The molecule has 0 saturated heterocycles. The lowest BCUT2D eigenvalue weighted by molar-refractivity contribution is 0.0970. The summed E-state index contributed by atoms with van der Waals surface area (Å²) in [6.07, 6.45) is 2.54. The molecule has 5 rings (SSSR count). The normalized spacial score (nSPS) is 14.4. The number of hydrogen-bond donors (Lipinski definition) is 0. The molecule has 1 aliphatic carbocycles. The molecule has 0 bridgehead atoms. The number of sulfonamides is 1. The van der Waals surface area contributed by atoms with E-state index in [2.05, 4.69) is 12.1 Å². The van der Waals surface area contributed by atoms with Gasteiger partial charge in [0.05, 0.1) is 4.90 Å². The lowest BCUT2D eigenvalue weighted by Crippen LogP contribution is -2.30. The second-order valence-electron chi connectivity index (χ2n) is 9.66. The highest BCUT2D eigenvalue weighted by molar-refractivity contribution is 7.89. The molecule has 4 aromatic rings. The molecule has 0 atom stereocenters. The van der Waals surface area contributed by atoms with E-state index in [1.165, 1.54) is 22.0 Å². The van der Waals surface area contributed by atoms with Crippen molar-refractivity contribution in [2.75, 3.05) is 0 Å². The van der Waals surface area contributed by atoms with E-state index < -0.39 is 10.0 Å². The quantitative estimate of drug-likeness (QED) is 0.207. The van der Waals surface area contributed by atoms with Gasteiger partial charge in [-0.15, -0.1) is 0 Å². The van der Waals surface area contributed by atoms with E-state index in [9.17, 15) is 13.2 Å². The van der Waals surface area contributed by atoms with Crippen LogP contribution < -0.4 is 0 Å². The van der Waals surface area contributed by atoms with E-state index in [0.29, 0.717) is 17.0 Å². The molecular weight excluding hydrogens is 502 g/mol. The number of nitrogens with zero attached hydrogens (tertiary/aromatic N) is 1. The van der Waals surface area contributed by atoms with Gasteiger partial charge in [0.25, 0.3) is 0 Å². The van der Waals surface area contributed by atoms with Crippen LogP contribution in [0, 0.1) is 0 Å². The monoisotopic (exact) mass is 529 g/mol. The summed E-state index contributed by atoms with van der Waals surface area (Å²) in [7, 11) is -3.78. The summed E-state index contributed by atoms with van der Waals surface area (Å²) in [6.45, 7) is 0.411. The molecule has 1 fully saturated rings. The Kier molecular flexibility index (Phi) is 7.29. The Bertz CT molecular complexity index is 1470. The minimum atomic E-state index is -3.78. The molecule has 4 aromatic carbocycles. The maximum atomic E-state index is 13.6. The molecule has 0 aliphatic heterocycles. The Hall–Kier alpha value is -3.25. The SMILES string of the molecule is O=C(CC1(c2ccccc2)CC1)c1ccc(CN(Cc2ccccc2)S(=O)(=O)c2ccc(Cl)cc2)cc1. The summed E-state index contributed by atoms with van der Waals surface area (Å²) in [5.41, 5.74) is 3.54. The minimum absolute atomic E-state index is 0.0455. The van der Waals surface area contributed by atoms with Crippen molar-refractivity contribution >= 4 is 27.4 Å². The summed E-state index contributed by atoms with van der Waals surface area (Å²) >= 11 is 5.98. The summed E-state index contributed by atoms with van der Waals surface area (Å²) in [4.78, 5) is 13.3. The fourth-order valence-electron chi connectivity index (χ4n) is 4.69. The van der Waals surface area contributed by atoms with Crippen molar-refractivity contribution < 1.29 is 13.2 Å². The van der Waals surface area contributed by atoms with E-state index in [4.69, 9.17) is 11.6 Å². The number of carbonyl (C=O) groups is 1. The third kappa shape index (κ3) is 5.85. The Balaban J connectivity index is 1.34. The van der Waals surface area contributed by atoms with Crippen molar-refractivity contribution in [3.8, 4) is 0 Å². The first-order valence-corrected chi connectivity index (χ1v) is 14.1. The van der Waals surface area contributed by atoms with Gasteiger partial charge >= 0.3 is 0 Å². The lowest BCUT2D eigenvalue weighted by Gasteiger charge is -2.23. The predicted molar refractivity (Wildman–Crippen MR) is 147 cm³/mol. The van der Waals surface area contributed by atoms with Gasteiger partial charge in [-0.1, -0.05) is 96.5 Å². The van der Waals surface area contributed by atoms with Crippen LogP contribution in [-0.4, -0.2) is 18.5 Å². The number of ketones is 1. The second kappa shape index (κ2) is 10.6. The van der Waals surface area contributed by atoms with Crippen molar-refractivity contribution in [3.05, 3.63) is 136 Å². The fraction of sp³-hybridized carbons (Fsp3) is 0.194. The average Bonchev–Trinajstić information content (AvgIpc) is 3.70. The highest BCUT2D eigenvalue weighted by atomic mass is 35.5. The molecule has 0 amide bonds. The van der Waals surface area contributed by atoms with Crippen LogP contribution in [0.5, 0.6) is 0 Å². The highest BCUT2D eigenvalue weighted by Gasteiger charge is 2.45. The van der Waals surface area contributed by atoms with Crippen LogP contribution >= 0.6 is 11.6 Å². The zero-order valence-corrected chi connectivity index (χ0v) is 22.0. The third-order valence-electron chi connectivity index (χ3n) is 7.03. The molecular formula is C31H28ClNO3S. The zero-order chi connectivity index (χ0) is 25.9. The van der Waals surface area contributed by atoms with Gasteiger partial charge < -0.3 is 0 Å². The molecule has 6 heteroatoms. The van der Waals surface area contributed by atoms with Crippen molar-refractivity contribution in [1.29, 1.82) is 0 Å². The molecule has 0 aromatic heterocycles. The summed E-state index contributed by atoms with van der Waals surface area (Å²) in [5.74, 6) is 0.114. The molecule has 37 heavy (non-hydrogen) atoms. The largest absolute Gasteiger partial charge is 0.294 e. The third-order valence-corrected chi connectivity index (χ3v) is 9.08. The zero-order valence-electron chi connectivity index (χ0n) is 20.4. The number of carbonyl (C=O) groups excluding carboxylic acids is 1. The first kappa shape index (κ1) is 25.4. The molecule has 0 unspecified atom stereocenters. The predicted octanol–water partition coefficient (Wildman–Crippen LogP) is 7.04. The Morgan fingerprint density at radius 1 is 0.730 bits per heavy atom. The van der Waals surface area contributed by atoms with Gasteiger partial charge in [-0.25, -0.2) is 8.42 Å². The maximum absolute atomic E-state index is 13.6. The second-order valence-corrected chi connectivity index (χ2v) is 12.0. The smallest absolute Gasteiger partial charge is 0.243 e. The molecule has 0 heterocycles. The van der Waals surface area contributed by atoms with Crippen molar-refractivity contribution in [1.82, 2.24) is 4.31 Å². The number of hydrogen-bond acceptors (Lipinski definition) is 3. The van der Waals surface area contributed by atoms with Crippen LogP contribution in [0.4, 0.5) is 0 Å². The van der Waals surface area contributed by atoms with Crippen LogP contribution in [0.25, 0.3) is 0 Å². The van der Waals surface area contributed by atoms with Crippen LogP contribution in [0.15, 0.2) is 114 Å². The van der Waals surface area contributed by atoms with Gasteiger partial charge in [-0.2, -0.15) is 4.31 Å². The van der Waals surface area contributed by atoms with Gasteiger partial charge in [0, 0.05) is 35.5 Å². The first-order chi connectivity index (χ1) is 17.9. The van der Waals surface area contributed by atoms with Crippen LogP contribution in [0.2, 0.25) is 5.02 Å². The highest BCUT2D eigenvalue weighted by Crippen LogP contribution is 2.51. The van der Waals surface area contributed by atoms with E-state index in [0.717, 1.165) is 24.0 Å². The molecule has 0 N–H and O–H groups in total. The molecule has 4 nitrogen and oxygen atoms in total. The van der Waals surface area contributed by atoms with E-state index in [1.54, 1.807) is 12.1 Å². The average molecular weight is 530 g/mol. The molecule has 0 spiro atoms. The minimum Gasteiger partial charge on any atom is -0.294 e. The Labute approximate surface area is 223 Å². The summed E-state index contributed by atoms with van der Waals surface area (Å²) in [5, 5.41) is 0.481. The van der Waals surface area contributed by atoms with Crippen molar-refractivity contribution in [2.45, 2.75) is 42.7 Å². The topological polar surface area (TPSA) is 54.5 Å². The van der Waals surface area contributed by atoms with E-state index in [-0.39, 0.29) is 29.2 Å². The van der Waals surface area contributed by atoms with Gasteiger partial charge in [0.2, 0.25) is 10.0 Å². The molecule has 1 saturated carbocycles. The lowest BCUT2D eigenvalue weighted by atomic mass is 9.88. The maximum Gasteiger partial charge on any atom is 0.243 e. The number of rotatable bonds is 10.